The molecule has 0 radical (unpaired) electrons. The quantitative estimate of drug-likeness (QED) is 0.592. The number of carbonyl (C=O) groups is 2. The lowest BCUT2D eigenvalue weighted by atomic mass is 10.1. The molecule has 0 saturated heterocycles. The molecule has 0 fully saturated rings. The minimum absolute atomic E-state index is 0.0265. The molecule has 0 bridgehead atoms. The van der Waals surface area contributed by atoms with Crippen molar-refractivity contribution in [2.75, 3.05) is 34.9 Å². The van der Waals surface area contributed by atoms with Crippen LogP contribution in [0.15, 0.2) is 47.4 Å². The Hall–Kier alpha value is -3.11. The molecule has 0 aliphatic carbocycles. The highest BCUT2D eigenvalue weighted by atomic mass is 32.2. The van der Waals surface area contributed by atoms with E-state index in [1.807, 2.05) is 0 Å². The van der Waals surface area contributed by atoms with Crippen LogP contribution in [0.5, 0.6) is 11.5 Å². The minimum atomic E-state index is -3.62. The average molecular weight is 436 g/mol. The van der Waals surface area contributed by atoms with Gasteiger partial charge in [-0.05, 0) is 49.0 Å². The number of rotatable bonds is 9. The number of amides is 1. The van der Waals surface area contributed by atoms with Crippen molar-refractivity contribution in [1.29, 1.82) is 0 Å². The second-order valence-electron chi connectivity index (χ2n) is 6.19. The van der Waals surface area contributed by atoms with Crippen LogP contribution in [0.3, 0.4) is 0 Å². The number of esters is 1. The molecular formula is C20H24N2O7S. The standard InChI is InChI=1S/C20H24N2O7S/c1-21-30(25,26)18-7-5-15(6-8-18)20(24)22(13-19(23)29-4)12-14-9-16(27-2)11-17(10-14)28-3/h5-11,21H,12-13H2,1-4H3. The summed E-state index contributed by atoms with van der Waals surface area (Å²) in [4.78, 5) is 26.2. The molecule has 10 heteroatoms. The SMILES string of the molecule is CNS(=O)(=O)c1ccc(C(=O)N(CC(=O)OC)Cc2cc(OC)cc(OC)c2)cc1. The van der Waals surface area contributed by atoms with Crippen molar-refractivity contribution < 1.29 is 32.2 Å². The maximum Gasteiger partial charge on any atom is 0.325 e. The van der Waals surface area contributed by atoms with Crippen LogP contribution in [0, 0.1) is 0 Å². The monoisotopic (exact) mass is 436 g/mol. The summed E-state index contributed by atoms with van der Waals surface area (Å²) in [5, 5.41) is 0. The number of ether oxygens (including phenoxy) is 3. The second kappa shape index (κ2) is 10.1. The van der Waals surface area contributed by atoms with Crippen molar-refractivity contribution in [3.63, 3.8) is 0 Å². The number of hydrogen-bond acceptors (Lipinski definition) is 7. The Morgan fingerprint density at radius 2 is 1.53 bits per heavy atom. The summed E-state index contributed by atoms with van der Waals surface area (Å²) in [5.74, 6) is 0.0241. The molecular weight excluding hydrogens is 412 g/mol. The van der Waals surface area contributed by atoms with Crippen molar-refractivity contribution in [2.45, 2.75) is 11.4 Å². The van der Waals surface area contributed by atoms with Crippen LogP contribution in [0.1, 0.15) is 15.9 Å². The van der Waals surface area contributed by atoms with Gasteiger partial charge in [-0.25, -0.2) is 13.1 Å². The number of methoxy groups -OCH3 is 3. The molecule has 0 heterocycles. The number of sulfonamides is 1. The maximum absolute atomic E-state index is 13.0. The van der Waals surface area contributed by atoms with Crippen LogP contribution in [-0.4, -0.2) is 60.1 Å². The molecule has 0 aliphatic rings. The summed E-state index contributed by atoms with van der Waals surface area (Å²) in [6.07, 6.45) is 0. The lowest BCUT2D eigenvalue weighted by molar-refractivity contribution is -0.141. The van der Waals surface area contributed by atoms with E-state index in [4.69, 9.17) is 14.2 Å². The summed E-state index contributed by atoms with van der Waals surface area (Å²) >= 11 is 0. The topological polar surface area (TPSA) is 111 Å². The Morgan fingerprint density at radius 1 is 0.967 bits per heavy atom. The van der Waals surface area contributed by atoms with E-state index in [0.29, 0.717) is 17.1 Å². The van der Waals surface area contributed by atoms with Gasteiger partial charge in [-0.3, -0.25) is 9.59 Å². The summed E-state index contributed by atoms with van der Waals surface area (Å²) in [6.45, 7) is -0.205. The fourth-order valence-electron chi connectivity index (χ4n) is 2.68. The normalized spacial score (nSPS) is 10.9. The van der Waals surface area contributed by atoms with Gasteiger partial charge in [0.15, 0.2) is 0 Å². The van der Waals surface area contributed by atoms with E-state index < -0.39 is 21.9 Å². The van der Waals surface area contributed by atoms with Gasteiger partial charge in [0.05, 0.1) is 26.2 Å². The van der Waals surface area contributed by atoms with Crippen LogP contribution in [0.4, 0.5) is 0 Å². The van der Waals surface area contributed by atoms with Crippen LogP contribution >= 0.6 is 0 Å². The van der Waals surface area contributed by atoms with Gasteiger partial charge in [-0.1, -0.05) is 0 Å². The zero-order chi connectivity index (χ0) is 22.3. The molecule has 0 atom stereocenters. The molecule has 162 valence electrons. The Balaban J connectivity index is 2.35. The first kappa shape index (κ1) is 23.2. The molecule has 30 heavy (non-hydrogen) atoms. The number of benzene rings is 2. The fourth-order valence-corrected chi connectivity index (χ4v) is 3.41. The van der Waals surface area contributed by atoms with Gasteiger partial charge in [-0.15, -0.1) is 0 Å². The molecule has 0 aliphatic heterocycles. The third-order valence-electron chi connectivity index (χ3n) is 4.30. The van der Waals surface area contributed by atoms with E-state index >= 15 is 0 Å². The molecule has 1 amide bonds. The van der Waals surface area contributed by atoms with Crippen molar-refractivity contribution in [3.05, 3.63) is 53.6 Å². The van der Waals surface area contributed by atoms with E-state index in [1.54, 1.807) is 18.2 Å². The summed E-state index contributed by atoms with van der Waals surface area (Å²) < 4.78 is 41.1. The van der Waals surface area contributed by atoms with E-state index in [0.717, 1.165) is 0 Å². The number of carbonyl (C=O) groups excluding carboxylic acids is 2. The van der Waals surface area contributed by atoms with E-state index in [-0.39, 0.29) is 23.5 Å². The largest absolute Gasteiger partial charge is 0.497 e. The van der Waals surface area contributed by atoms with Gasteiger partial charge in [0.1, 0.15) is 18.0 Å². The van der Waals surface area contributed by atoms with Crippen LogP contribution in [-0.2, 0) is 26.1 Å². The first-order valence-electron chi connectivity index (χ1n) is 8.85. The Labute approximate surface area is 175 Å². The molecule has 1 N–H and O–H groups in total. The Bertz CT molecular complexity index is 982. The van der Waals surface area contributed by atoms with Crippen molar-refractivity contribution in [1.82, 2.24) is 9.62 Å². The zero-order valence-corrected chi connectivity index (χ0v) is 18.0. The number of nitrogens with one attached hydrogen (secondary N) is 1. The second-order valence-corrected chi connectivity index (χ2v) is 8.08. The predicted octanol–water partition coefficient (Wildman–Crippen LogP) is 1.43. The van der Waals surface area contributed by atoms with Gasteiger partial charge in [-0.2, -0.15) is 0 Å². The molecule has 2 aromatic rings. The van der Waals surface area contributed by atoms with E-state index in [9.17, 15) is 18.0 Å². The van der Waals surface area contributed by atoms with Gasteiger partial charge in [0, 0.05) is 18.2 Å². The lowest BCUT2D eigenvalue weighted by Crippen LogP contribution is -2.35. The highest BCUT2D eigenvalue weighted by Gasteiger charge is 2.21. The van der Waals surface area contributed by atoms with Crippen molar-refractivity contribution >= 4 is 21.9 Å². The minimum Gasteiger partial charge on any atom is -0.497 e. The van der Waals surface area contributed by atoms with E-state index in [2.05, 4.69) is 4.72 Å². The molecule has 0 spiro atoms. The van der Waals surface area contributed by atoms with Crippen LogP contribution < -0.4 is 14.2 Å². The summed E-state index contributed by atoms with van der Waals surface area (Å²) in [6, 6.07) is 10.6. The van der Waals surface area contributed by atoms with Crippen molar-refractivity contribution in [3.8, 4) is 11.5 Å². The Morgan fingerprint density at radius 3 is 2.00 bits per heavy atom. The molecule has 0 unspecified atom stereocenters. The third kappa shape index (κ3) is 5.71. The first-order valence-corrected chi connectivity index (χ1v) is 10.3. The molecule has 2 rings (SSSR count). The number of hydrogen-bond donors (Lipinski definition) is 1. The van der Waals surface area contributed by atoms with Gasteiger partial charge >= 0.3 is 5.97 Å². The first-order chi connectivity index (χ1) is 14.2. The Kier molecular flexibility index (Phi) is 7.79. The highest BCUT2D eigenvalue weighted by Crippen LogP contribution is 2.24. The number of nitrogens with zero attached hydrogens (tertiary/aromatic N) is 1. The lowest BCUT2D eigenvalue weighted by Gasteiger charge is -2.22. The van der Waals surface area contributed by atoms with Crippen LogP contribution in [0.25, 0.3) is 0 Å². The van der Waals surface area contributed by atoms with Gasteiger partial charge in [0.2, 0.25) is 10.0 Å². The molecule has 9 nitrogen and oxygen atoms in total. The fraction of sp³-hybridized carbons (Fsp3) is 0.300. The molecule has 2 aromatic carbocycles. The van der Waals surface area contributed by atoms with E-state index in [1.165, 1.54) is 57.5 Å². The smallest absolute Gasteiger partial charge is 0.325 e. The van der Waals surface area contributed by atoms with Gasteiger partial charge < -0.3 is 19.1 Å². The molecule has 0 saturated carbocycles. The van der Waals surface area contributed by atoms with Crippen molar-refractivity contribution in [2.24, 2.45) is 0 Å². The molecule has 0 aromatic heterocycles. The zero-order valence-electron chi connectivity index (χ0n) is 17.2. The predicted molar refractivity (Wildman–Crippen MR) is 109 cm³/mol. The highest BCUT2D eigenvalue weighted by molar-refractivity contribution is 7.89. The van der Waals surface area contributed by atoms with Gasteiger partial charge in [0.25, 0.3) is 5.91 Å². The van der Waals surface area contributed by atoms with Crippen LogP contribution in [0.2, 0.25) is 0 Å². The third-order valence-corrected chi connectivity index (χ3v) is 5.73. The summed E-state index contributed by atoms with van der Waals surface area (Å²) in [7, 11) is 1.93. The summed E-state index contributed by atoms with van der Waals surface area (Å²) in [5.41, 5.74) is 0.904. The average Bonchev–Trinajstić information content (AvgIpc) is 2.77. The maximum atomic E-state index is 13.0.